The van der Waals surface area contributed by atoms with Gasteiger partial charge in [0.2, 0.25) is 0 Å². The van der Waals surface area contributed by atoms with E-state index in [-0.39, 0.29) is 5.97 Å². The third-order valence-corrected chi connectivity index (χ3v) is 9.35. The fraction of sp³-hybridized carbons (Fsp3) is 0.417. The predicted molar refractivity (Wildman–Crippen MR) is 161 cm³/mol. The van der Waals surface area contributed by atoms with Gasteiger partial charge >= 0.3 is 5.97 Å². The van der Waals surface area contributed by atoms with Crippen molar-refractivity contribution >= 4 is 12.0 Å². The molecule has 3 aromatic rings. The third-order valence-electron chi connectivity index (χ3n) is 9.35. The van der Waals surface area contributed by atoms with Crippen LogP contribution in [-0.4, -0.2) is 26.8 Å². The second-order valence-electron chi connectivity index (χ2n) is 12.1. The van der Waals surface area contributed by atoms with Gasteiger partial charge in [-0.3, -0.25) is 0 Å². The number of benzene rings is 3. The average Bonchev–Trinajstić information content (AvgIpc) is 2.98. The van der Waals surface area contributed by atoms with Crippen molar-refractivity contribution in [2.45, 2.75) is 57.5 Å². The number of ether oxygens (including phenoxy) is 4. The van der Waals surface area contributed by atoms with Crippen molar-refractivity contribution in [3.63, 3.8) is 0 Å². The van der Waals surface area contributed by atoms with Gasteiger partial charge in [0, 0.05) is 6.08 Å². The number of rotatable bonds is 10. The first-order chi connectivity index (χ1) is 20.0. The molecule has 5 nitrogen and oxygen atoms in total. The highest BCUT2D eigenvalue weighted by atomic mass is 16.5. The summed E-state index contributed by atoms with van der Waals surface area (Å²) in [6.07, 6.45) is 11.6. The average molecular weight is 553 g/mol. The summed E-state index contributed by atoms with van der Waals surface area (Å²) in [6, 6.07) is 21.0. The topological polar surface area (TPSA) is 54.0 Å². The standard InChI is InChI=1S/C36H40O5/c1-4-40-34(37)13-8-24-18-32(38-2)35(33(19-24)39-3)29-9-11-31(12-10-29)41-23-25-6-5-7-30(17-25)36-20-26-14-27(21-36)16-28(15-26)22-36/h5-13,17-19,26-28H,4,14-16,20-23H2,1-3H3. The van der Waals surface area contributed by atoms with E-state index in [0.717, 1.165) is 40.2 Å². The first kappa shape index (κ1) is 27.4. The van der Waals surface area contributed by atoms with E-state index in [2.05, 4.69) is 24.3 Å². The molecular weight excluding hydrogens is 512 g/mol. The zero-order chi connectivity index (χ0) is 28.4. The Bertz CT molecular complexity index is 1360. The van der Waals surface area contributed by atoms with Gasteiger partial charge in [-0.05, 0) is 121 Å². The Morgan fingerprint density at radius 3 is 2.10 bits per heavy atom. The maximum absolute atomic E-state index is 11.8. The number of methoxy groups -OCH3 is 2. The number of hydrogen-bond donors (Lipinski definition) is 0. The van der Waals surface area contributed by atoms with Crippen molar-refractivity contribution in [2.75, 3.05) is 20.8 Å². The molecule has 0 N–H and O–H groups in total. The van der Waals surface area contributed by atoms with E-state index in [4.69, 9.17) is 18.9 Å². The van der Waals surface area contributed by atoms with Crippen LogP contribution in [0.15, 0.2) is 66.7 Å². The highest BCUT2D eigenvalue weighted by Gasteiger charge is 2.51. The van der Waals surface area contributed by atoms with Crippen molar-refractivity contribution in [1.82, 2.24) is 0 Å². The molecule has 4 aliphatic carbocycles. The van der Waals surface area contributed by atoms with Gasteiger partial charge in [-0.2, -0.15) is 0 Å². The van der Waals surface area contributed by atoms with Gasteiger partial charge in [0.05, 0.1) is 26.4 Å². The van der Waals surface area contributed by atoms with Crippen LogP contribution in [0.3, 0.4) is 0 Å². The van der Waals surface area contributed by atoms with Gasteiger partial charge < -0.3 is 18.9 Å². The quantitative estimate of drug-likeness (QED) is 0.188. The van der Waals surface area contributed by atoms with E-state index >= 15 is 0 Å². The molecule has 5 heteroatoms. The Hall–Kier alpha value is -3.73. The summed E-state index contributed by atoms with van der Waals surface area (Å²) in [4.78, 5) is 11.8. The van der Waals surface area contributed by atoms with Gasteiger partial charge in [-0.25, -0.2) is 4.79 Å². The smallest absolute Gasteiger partial charge is 0.330 e. The second-order valence-corrected chi connectivity index (χ2v) is 12.1. The van der Waals surface area contributed by atoms with Crippen LogP contribution in [-0.2, 0) is 21.6 Å². The SMILES string of the molecule is CCOC(=O)C=Cc1cc(OC)c(-c2ccc(OCc3cccc(C45CC6CC(CC(C6)C4)C5)c3)cc2)c(OC)c1. The molecule has 41 heavy (non-hydrogen) atoms. The molecule has 0 spiro atoms. The van der Waals surface area contributed by atoms with Crippen LogP contribution in [0.4, 0.5) is 0 Å². The maximum Gasteiger partial charge on any atom is 0.330 e. The van der Waals surface area contributed by atoms with Gasteiger partial charge in [0.1, 0.15) is 23.9 Å². The number of carbonyl (C=O) groups is 1. The lowest BCUT2D eigenvalue weighted by atomic mass is 9.48. The second kappa shape index (κ2) is 11.6. The molecule has 7 rings (SSSR count). The zero-order valence-electron chi connectivity index (χ0n) is 24.4. The summed E-state index contributed by atoms with van der Waals surface area (Å²) in [7, 11) is 3.26. The molecule has 0 aromatic heterocycles. The van der Waals surface area contributed by atoms with E-state index in [1.807, 2.05) is 36.4 Å². The van der Waals surface area contributed by atoms with Crippen molar-refractivity contribution in [3.05, 3.63) is 83.4 Å². The molecule has 0 aliphatic heterocycles. The predicted octanol–water partition coefficient (Wildman–Crippen LogP) is 7.99. The summed E-state index contributed by atoms with van der Waals surface area (Å²) in [5.74, 6) is 4.56. The Kier molecular flexibility index (Phi) is 7.79. The van der Waals surface area contributed by atoms with E-state index in [1.54, 1.807) is 27.2 Å². The first-order valence-electron chi connectivity index (χ1n) is 14.9. The van der Waals surface area contributed by atoms with Gasteiger partial charge in [-0.1, -0.05) is 36.4 Å². The minimum Gasteiger partial charge on any atom is -0.496 e. The van der Waals surface area contributed by atoms with Crippen LogP contribution in [0.5, 0.6) is 17.2 Å². The van der Waals surface area contributed by atoms with E-state index in [9.17, 15) is 4.79 Å². The monoisotopic (exact) mass is 552 g/mol. The van der Waals surface area contributed by atoms with Gasteiger partial charge in [0.25, 0.3) is 0 Å². The van der Waals surface area contributed by atoms with Crippen LogP contribution in [0, 0.1) is 17.8 Å². The third kappa shape index (κ3) is 5.72. The van der Waals surface area contributed by atoms with Crippen molar-refractivity contribution in [1.29, 1.82) is 0 Å². The molecule has 214 valence electrons. The summed E-state index contributed by atoms with van der Waals surface area (Å²) < 4.78 is 22.7. The van der Waals surface area contributed by atoms with Crippen LogP contribution >= 0.6 is 0 Å². The molecule has 0 heterocycles. The highest BCUT2D eigenvalue weighted by molar-refractivity contribution is 5.88. The Morgan fingerprint density at radius 2 is 1.51 bits per heavy atom. The lowest BCUT2D eigenvalue weighted by molar-refractivity contribution is -0.137. The number of carbonyl (C=O) groups excluding carboxylic acids is 1. The van der Waals surface area contributed by atoms with E-state index in [1.165, 1.54) is 55.7 Å². The van der Waals surface area contributed by atoms with Crippen molar-refractivity contribution < 1.29 is 23.7 Å². The largest absolute Gasteiger partial charge is 0.496 e. The summed E-state index contributed by atoms with van der Waals surface area (Å²) in [5, 5.41) is 0. The molecule has 4 aliphatic rings. The summed E-state index contributed by atoms with van der Waals surface area (Å²) in [6.45, 7) is 2.67. The van der Waals surface area contributed by atoms with Crippen LogP contribution in [0.1, 0.15) is 62.1 Å². The highest BCUT2D eigenvalue weighted by Crippen LogP contribution is 2.60. The molecule has 0 amide bonds. The minimum absolute atomic E-state index is 0.336. The summed E-state index contributed by atoms with van der Waals surface area (Å²) >= 11 is 0. The lowest BCUT2D eigenvalue weighted by Gasteiger charge is -2.57. The molecule has 0 radical (unpaired) electrons. The molecule has 3 aromatic carbocycles. The zero-order valence-corrected chi connectivity index (χ0v) is 24.4. The Balaban J connectivity index is 1.16. The normalized spacial score (nSPS) is 24.4. The van der Waals surface area contributed by atoms with Crippen LogP contribution in [0.2, 0.25) is 0 Å². The number of esters is 1. The van der Waals surface area contributed by atoms with Gasteiger partial charge in [-0.15, -0.1) is 0 Å². The molecule has 0 saturated heterocycles. The molecule has 4 fully saturated rings. The maximum atomic E-state index is 11.8. The minimum atomic E-state index is -0.385. The van der Waals surface area contributed by atoms with Crippen molar-refractivity contribution in [3.8, 4) is 28.4 Å². The van der Waals surface area contributed by atoms with E-state index in [0.29, 0.717) is 30.1 Å². The fourth-order valence-corrected chi connectivity index (χ4v) is 8.01. The Labute approximate surface area is 243 Å². The first-order valence-corrected chi connectivity index (χ1v) is 14.9. The molecule has 4 saturated carbocycles. The Morgan fingerprint density at radius 1 is 0.878 bits per heavy atom. The van der Waals surface area contributed by atoms with Crippen LogP contribution < -0.4 is 14.2 Å². The molecular formula is C36H40O5. The van der Waals surface area contributed by atoms with Crippen LogP contribution in [0.25, 0.3) is 17.2 Å². The molecule has 0 atom stereocenters. The molecule has 0 unspecified atom stereocenters. The fourth-order valence-electron chi connectivity index (χ4n) is 8.01. The lowest BCUT2D eigenvalue weighted by Crippen LogP contribution is -2.48. The van der Waals surface area contributed by atoms with E-state index < -0.39 is 0 Å². The molecule has 4 bridgehead atoms. The van der Waals surface area contributed by atoms with Gasteiger partial charge in [0.15, 0.2) is 0 Å². The summed E-state index contributed by atoms with van der Waals surface area (Å²) in [5.41, 5.74) is 5.75. The van der Waals surface area contributed by atoms with Crippen molar-refractivity contribution in [2.24, 2.45) is 17.8 Å². The number of hydrogen-bond acceptors (Lipinski definition) is 5.